The zero-order chi connectivity index (χ0) is 12.6. The minimum absolute atomic E-state index is 0.222. The minimum atomic E-state index is -0.811. The highest BCUT2D eigenvalue weighted by molar-refractivity contribution is 14.1. The molecule has 7 nitrogen and oxygen atoms in total. The summed E-state index contributed by atoms with van der Waals surface area (Å²) < 4.78 is 5.12. The summed E-state index contributed by atoms with van der Waals surface area (Å²) >= 11 is 1.83. The topological polar surface area (TPSA) is 95.9 Å². The Morgan fingerprint density at radius 3 is 2.82 bits per heavy atom. The lowest BCUT2D eigenvalue weighted by molar-refractivity contribution is -0.678. The predicted molar refractivity (Wildman–Crippen MR) is 63.3 cm³/mol. The molecule has 1 unspecified atom stereocenters. The Morgan fingerprint density at radius 1 is 1.59 bits per heavy atom. The molecule has 0 bridgehead atoms. The number of rotatable bonds is 2. The molecule has 0 aromatic carbocycles. The fraction of sp³-hybridized carbons (Fsp3) is 0.556. The maximum atomic E-state index is 11.8. The molecule has 2 heterocycles. The second-order valence-corrected chi connectivity index (χ2v) is 5.51. The van der Waals surface area contributed by atoms with Gasteiger partial charge < -0.3 is 14.9 Å². The number of imide groups is 1. The lowest BCUT2D eigenvalue weighted by atomic mass is 10.2. The number of urea groups is 1. The summed E-state index contributed by atoms with van der Waals surface area (Å²) in [4.78, 5) is 22.8. The van der Waals surface area contributed by atoms with Crippen LogP contribution < -0.4 is 5.32 Å². The fourth-order valence-electron chi connectivity index (χ4n) is 1.82. The number of hydrogen-bond donors (Lipinski definition) is 3. The number of nitrogens with one attached hydrogen (secondary N) is 1. The van der Waals surface area contributed by atoms with Crippen molar-refractivity contribution in [1.82, 2.24) is 5.32 Å². The molecule has 17 heavy (non-hydrogen) atoms. The molecule has 0 saturated carbocycles. The summed E-state index contributed by atoms with van der Waals surface area (Å²) in [5, 5.41) is 20.8. The van der Waals surface area contributed by atoms with Crippen LogP contribution in [0.2, 0.25) is 0 Å². The number of quaternary nitrogens is 1. The van der Waals surface area contributed by atoms with E-state index in [9.17, 15) is 14.7 Å². The van der Waals surface area contributed by atoms with Gasteiger partial charge in [-0.15, -0.1) is 2.70 Å². The normalized spacial score (nSPS) is 41.7. The van der Waals surface area contributed by atoms with E-state index in [1.165, 1.54) is 12.3 Å². The highest BCUT2D eigenvalue weighted by Crippen LogP contribution is 2.34. The van der Waals surface area contributed by atoms with Gasteiger partial charge in [0.25, 0.3) is 28.8 Å². The quantitative estimate of drug-likeness (QED) is 0.454. The third kappa shape index (κ3) is 2.22. The van der Waals surface area contributed by atoms with Crippen LogP contribution >= 0.6 is 22.9 Å². The second-order valence-electron chi connectivity index (χ2n) is 3.91. The van der Waals surface area contributed by atoms with Crippen molar-refractivity contribution in [3.05, 3.63) is 12.3 Å². The van der Waals surface area contributed by atoms with Crippen LogP contribution in [-0.2, 0) is 9.53 Å². The van der Waals surface area contributed by atoms with E-state index in [2.05, 4.69) is 5.32 Å². The highest BCUT2D eigenvalue weighted by atomic mass is 127. The van der Waals surface area contributed by atoms with Gasteiger partial charge in [0.05, 0.1) is 25.2 Å². The molecule has 0 aromatic rings. The van der Waals surface area contributed by atoms with Gasteiger partial charge in [0.2, 0.25) is 6.23 Å². The van der Waals surface area contributed by atoms with E-state index < -0.39 is 30.4 Å². The van der Waals surface area contributed by atoms with Gasteiger partial charge in [-0.1, -0.05) is 0 Å². The number of aliphatic hydroxyl groups is 2. The first-order valence-corrected chi connectivity index (χ1v) is 6.01. The zero-order valence-corrected chi connectivity index (χ0v) is 10.9. The van der Waals surface area contributed by atoms with Crippen molar-refractivity contribution < 1.29 is 27.2 Å². The van der Waals surface area contributed by atoms with E-state index in [-0.39, 0.29) is 15.7 Å². The third-order valence-corrected chi connectivity index (χ3v) is 4.17. The summed E-state index contributed by atoms with van der Waals surface area (Å²) in [6.45, 7) is -0.307. The number of carbonyl (C=O) groups excluding carboxylic acids is 2. The van der Waals surface area contributed by atoms with Gasteiger partial charge in [0.1, 0.15) is 12.3 Å². The minimum Gasteiger partial charge on any atom is -0.394 e. The number of halogens is 1. The van der Waals surface area contributed by atoms with Crippen LogP contribution in [0, 0.1) is 0 Å². The molecule has 2 aliphatic rings. The molecule has 0 aliphatic carbocycles. The number of amides is 3. The molecular weight excluding hydrogens is 343 g/mol. The largest absolute Gasteiger partial charge is 0.437 e. The zero-order valence-electron chi connectivity index (χ0n) is 8.75. The Balaban J connectivity index is 2.20. The molecule has 4 atom stereocenters. The molecule has 2 aliphatic heterocycles. The summed E-state index contributed by atoms with van der Waals surface area (Å²) in [6, 6.07) is -0.520. The number of hydrogen-bond acceptors (Lipinski definition) is 5. The molecule has 0 spiro atoms. The smallest absolute Gasteiger partial charge is 0.394 e. The first-order chi connectivity index (χ1) is 7.97. The van der Waals surface area contributed by atoms with Crippen LogP contribution in [-0.4, -0.2) is 49.9 Å². The third-order valence-electron chi connectivity index (χ3n) is 2.79. The molecule has 3 N–H and O–H groups in total. The monoisotopic (exact) mass is 355 g/mol. The summed E-state index contributed by atoms with van der Waals surface area (Å²) in [6.07, 6.45) is 0.763. The van der Waals surface area contributed by atoms with E-state index >= 15 is 0 Å². The lowest BCUT2D eigenvalue weighted by Crippen LogP contribution is -2.56. The molecule has 1 fully saturated rings. The number of ether oxygens (including phenoxy) is 1. The molecule has 3 amide bonds. The van der Waals surface area contributed by atoms with Crippen LogP contribution in [0.5, 0.6) is 0 Å². The van der Waals surface area contributed by atoms with E-state index in [1.807, 2.05) is 22.9 Å². The maximum Gasteiger partial charge on any atom is 0.437 e. The summed E-state index contributed by atoms with van der Waals surface area (Å²) in [5.41, 5.74) is 0. The first kappa shape index (κ1) is 12.9. The van der Waals surface area contributed by atoms with Gasteiger partial charge >= 0.3 is 6.03 Å². The number of carbonyl (C=O) groups is 2. The fourth-order valence-corrected chi connectivity index (χ4v) is 2.46. The van der Waals surface area contributed by atoms with Gasteiger partial charge in [-0.2, -0.15) is 0 Å². The molecule has 0 radical (unpaired) electrons. The Hall–Kier alpha value is -0.550. The van der Waals surface area contributed by atoms with Gasteiger partial charge in [-0.3, -0.25) is 4.79 Å². The van der Waals surface area contributed by atoms with Crippen molar-refractivity contribution in [3.63, 3.8) is 0 Å². The molecule has 1 saturated heterocycles. The van der Waals surface area contributed by atoms with Crippen molar-refractivity contribution in [1.29, 1.82) is 0 Å². The van der Waals surface area contributed by atoms with Crippen molar-refractivity contribution >= 4 is 34.8 Å². The summed E-state index contributed by atoms with van der Waals surface area (Å²) in [7, 11) is 0. The van der Waals surface area contributed by atoms with Gasteiger partial charge in [0, 0.05) is 0 Å². The first-order valence-electron chi connectivity index (χ1n) is 5.04. The standard InChI is InChI=1S/C9H11IN2O5/c10-12(2-1-7(15)11-9(12)16)8-3-5(14)6(4-13)17-8/h1-2,5-6,8,13-14H,3-4H2/p+1/t5-,6+,8+,12?/m0/s1. The van der Waals surface area contributed by atoms with Crippen LogP contribution in [0.3, 0.4) is 0 Å². The Kier molecular flexibility index (Phi) is 3.50. The highest BCUT2D eigenvalue weighted by Gasteiger charge is 2.51. The van der Waals surface area contributed by atoms with Crippen LogP contribution in [0.4, 0.5) is 4.79 Å². The number of nitrogens with zero attached hydrogens (tertiary/aromatic N) is 1. The summed E-state index contributed by atoms with van der Waals surface area (Å²) in [5.74, 6) is -0.474. The van der Waals surface area contributed by atoms with Gasteiger partial charge in [-0.05, 0) is 0 Å². The molecule has 0 aromatic heterocycles. The van der Waals surface area contributed by atoms with Crippen molar-refractivity contribution in [2.45, 2.75) is 24.9 Å². The Morgan fingerprint density at radius 2 is 2.29 bits per heavy atom. The van der Waals surface area contributed by atoms with Crippen LogP contribution in [0.15, 0.2) is 12.3 Å². The van der Waals surface area contributed by atoms with Crippen molar-refractivity contribution in [3.8, 4) is 0 Å². The van der Waals surface area contributed by atoms with Gasteiger partial charge in [0.15, 0.2) is 0 Å². The maximum absolute atomic E-state index is 11.8. The van der Waals surface area contributed by atoms with Crippen LogP contribution in [0.1, 0.15) is 6.42 Å². The SMILES string of the molecule is O=C1C=C[N+](I)([C@H]2C[C@H](O)[C@@H](CO)O2)C(=O)N1. The number of aliphatic hydroxyl groups excluding tert-OH is 2. The Labute approximate surface area is 111 Å². The average molecular weight is 355 g/mol. The van der Waals surface area contributed by atoms with E-state index in [0.29, 0.717) is 0 Å². The second kappa shape index (κ2) is 4.61. The van der Waals surface area contributed by atoms with Crippen LogP contribution in [0.25, 0.3) is 0 Å². The van der Waals surface area contributed by atoms with Crippen molar-refractivity contribution in [2.75, 3.05) is 6.61 Å². The molecule has 2 rings (SSSR count). The van der Waals surface area contributed by atoms with E-state index in [0.717, 1.165) is 0 Å². The molecule has 8 heteroatoms. The van der Waals surface area contributed by atoms with Gasteiger partial charge in [-0.25, -0.2) is 10.1 Å². The molecular formula is C9H12IN2O5+. The van der Waals surface area contributed by atoms with Crippen molar-refractivity contribution in [2.24, 2.45) is 0 Å². The Bertz CT molecular complexity index is 388. The predicted octanol–water partition coefficient (Wildman–Crippen LogP) is -0.615. The lowest BCUT2D eigenvalue weighted by Gasteiger charge is -2.30. The molecule has 94 valence electrons. The van der Waals surface area contributed by atoms with E-state index in [1.54, 1.807) is 0 Å². The van der Waals surface area contributed by atoms with E-state index in [4.69, 9.17) is 9.84 Å². The average Bonchev–Trinajstić information content (AvgIpc) is 2.66.